The first-order chi connectivity index (χ1) is 45.7. The molecule has 0 saturated carbocycles. The molecule has 0 N–H and O–H groups in total. The predicted molar refractivity (Wildman–Crippen MR) is 356 cm³/mol. The fourth-order valence-electron chi connectivity index (χ4n) is 8.24. The molecule has 97 heavy (non-hydrogen) atoms. The van der Waals surface area contributed by atoms with Gasteiger partial charge in [0.1, 0.15) is 23.1 Å². The second-order valence-electron chi connectivity index (χ2n) is 23.9. The van der Waals surface area contributed by atoms with Gasteiger partial charge in [-0.05, 0) is 105 Å². The number of hydrogen-bond donors (Lipinski definition) is 0. The Labute approximate surface area is 599 Å². The molecule has 0 radical (unpaired) electrons. The van der Waals surface area contributed by atoms with Crippen LogP contribution in [0.4, 0.5) is 0 Å². The van der Waals surface area contributed by atoms with Crippen molar-refractivity contribution in [2.75, 3.05) is 79.3 Å². The van der Waals surface area contributed by atoms with E-state index in [0.717, 1.165) is 154 Å². The van der Waals surface area contributed by atoms with Crippen LogP contribution in [0.15, 0.2) is 0 Å². The van der Waals surface area contributed by atoms with E-state index < -0.39 is 94.6 Å². The van der Waals surface area contributed by atoms with Gasteiger partial charge in [-0.15, -0.1) is 0 Å². The van der Waals surface area contributed by atoms with E-state index >= 15 is 0 Å². The van der Waals surface area contributed by atoms with Crippen molar-refractivity contribution in [1.82, 2.24) is 0 Å². The topological polar surface area (TPSA) is 340 Å². The molecular weight excluding hydrogens is 1300 g/mol. The third-order valence-corrected chi connectivity index (χ3v) is 14.8. The SMILES string of the molecule is CCCCOC(CC(C(C)=O)C(=O)[O-])(OCCCC)OCCCC.CCCCOC(CC(C(C)=O)C(=O)[O-])(OCCCC)OCCCC.CCCCOC(CC(C(C)=O)C(=O)[O-])(OCCCC)OCCCC.CCCCOC(CC(C(C)=O)C(=O)[O-])(OCCCC)OCCCC.[Ti+4]. The largest absolute Gasteiger partial charge is 4.00 e. The molecule has 0 saturated heterocycles. The molecular formula is C72H132O24Ti. The van der Waals surface area contributed by atoms with Crippen LogP contribution in [0.25, 0.3) is 0 Å². The summed E-state index contributed by atoms with van der Waals surface area (Å²) in [4.78, 5) is 91.9. The number of rotatable bonds is 64. The number of ketones is 4. The average molecular weight is 1430 g/mol. The molecule has 0 aromatic carbocycles. The maximum atomic E-state index is 11.7. The molecule has 0 aliphatic rings. The van der Waals surface area contributed by atoms with Crippen molar-refractivity contribution in [2.45, 2.75) is 314 Å². The summed E-state index contributed by atoms with van der Waals surface area (Å²) >= 11 is 0. The van der Waals surface area contributed by atoms with Gasteiger partial charge in [0, 0.05) is 25.7 Å². The second kappa shape index (κ2) is 66.1. The Hall–Kier alpha value is -3.21. The van der Waals surface area contributed by atoms with Crippen molar-refractivity contribution in [3.05, 3.63) is 0 Å². The Morgan fingerprint density at radius 2 is 0.320 bits per heavy atom. The minimum Gasteiger partial charge on any atom is -0.549 e. The molecule has 0 spiro atoms. The maximum Gasteiger partial charge on any atom is 4.00 e. The Bertz CT molecular complexity index is 1540. The number of hydrogen-bond acceptors (Lipinski definition) is 24. The van der Waals surface area contributed by atoms with Crippen LogP contribution in [-0.4, -0.2) is 150 Å². The van der Waals surface area contributed by atoms with Crippen LogP contribution >= 0.6 is 0 Å². The number of carbonyl (C=O) groups excluding carboxylic acids is 8. The molecule has 0 amide bonds. The van der Waals surface area contributed by atoms with Crippen molar-refractivity contribution in [2.24, 2.45) is 23.7 Å². The Morgan fingerprint density at radius 1 is 0.227 bits per heavy atom. The van der Waals surface area contributed by atoms with Crippen LogP contribution in [0.5, 0.6) is 0 Å². The Balaban J connectivity index is -0.000000386. The summed E-state index contributed by atoms with van der Waals surface area (Å²) in [6.45, 7) is 33.8. The van der Waals surface area contributed by atoms with E-state index in [9.17, 15) is 58.8 Å². The summed E-state index contributed by atoms with van der Waals surface area (Å²) in [6, 6.07) is 0. The molecule has 0 aliphatic heterocycles. The molecule has 0 heterocycles. The zero-order valence-corrected chi connectivity index (χ0v) is 64.5. The molecule has 0 bridgehead atoms. The summed E-state index contributed by atoms with van der Waals surface area (Å²) in [7, 11) is 0. The van der Waals surface area contributed by atoms with E-state index in [1.54, 1.807) is 0 Å². The first-order valence-electron chi connectivity index (χ1n) is 36.2. The van der Waals surface area contributed by atoms with Crippen molar-refractivity contribution in [3.63, 3.8) is 0 Å². The minimum absolute atomic E-state index is 0. The van der Waals surface area contributed by atoms with Crippen LogP contribution in [0.3, 0.4) is 0 Å². The Morgan fingerprint density at radius 3 is 0.381 bits per heavy atom. The van der Waals surface area contributed by atoms with Gasteiger partial charge in [0.15, 0.2) is 0 Å². The first kappa shape index (κ1) is 102. The molecule has 24 nitrogen and oxygen atoms in total. The number of carbonyl (C=O) groups is 8. The van der Waals surface area contributed by atoms with Gasteiger partial charge < -0.3 is 96.4 Å². The first-order valence-corrected chi connectivity index (χ1v) is 36.2. The number of carboxylic acids is 4. The number of carboxylic acid groups (broad SMARTS) is 4. The van der Waals surface area contributed by atoms with E-state index in [-0.39, 0.29) is 47.4 Å². The number of ether oxygens (including phenoxy) is 12. The summed E-state index contributed by atoms with van der Waals surface area (Å²) in [5, 5.41) is 45.2. The van der Waals surface area contributed by atoms with Gasteiger partial charge in [-0.25, -0.2) is 0 Å². The number of aliphatic carboxylic acids is 4. The van der Waals surface area contributed by atoms with Crippen LogP contribution in [-0.2, 0) is 117 Å². The fourth-order valence-corrected chi connectivity index (χ4v) is 8.24. The monoisotopic (exact) mass is 1430 g/mol. The van der Waals surface area contributed by atoms with Crippen molar-refractivity contribution in [3.8, 4) is 0 Å². The molecule has 0 aromatic rings. The average Bonchev–Trinajstić information content (AvgIpc) is 0.890. The van der Waals surface area contributed by atoms with E-state index in [1.807, 2.05) is 83.1 Å². The smallest absolute Gasteiger partial charge is 0.549 e. The van der Waals surface area contributed by atoms with Crippen molar-refractivity contribution < 1.29 is 137 Å². The summed E-state index contributed by atoms with van der Waals surface area (Å²) in [5.74, 6) is -18.9. The molecule has 0 aromatic heterocycles. The van der Waals surface area contributed by atoms with E-state index in [2.05, 4.69) is 0 Å². The standard InChI is InChI=1S/4C18H34O6.Ti/c4*1-5-8-11-22-18(23-12-9-6-2,24-13-10-7-3)14-16(15(4)19)17(20)21;/h4*16H,5-14H2,1-4H3,(H,20,21);/q;;;;+4/p-4. The van der Waals surface area contributed by atoms with Gasteiger partial charge in [0.25, 0.3) is 23.9 Å². The summed E-state index contributed by atoms with van der Waals surface area (Å²) in [5.41, 5.74) is 0. The maximum absolute atomic E-state index is 11.7. The predicted octanol–water partition coefficient (Wildman–Crippen LogP) is 9.74. The minimum atomic E-state index is -1.50. The summed E-state index contributed by atoms with van der Waals surface area (Å²) in [6.07, 6.45) is 19.9. The van der Waals surface area contributed by atoms with E-state index in [4.69, 9.17) is 56.8 Å². The number of unbranched alkanes of at least 4 members (excludes halogenated alkanes) is 12. The molecule has 0 fully saturated rings. The second-order valence-corrected chi connectivity index (χ2v) is 23.9. The van der Waals surface area contributed by atoms with Gasteiger partial charge in [0.05, 0.1) is 127 Å². The van der Waals surface area contributed by atoms with Crippen molar-refractivity contribution in [1.29, 1.82) is 0 Å². The van der Waals surface area contributed by atoms with Gasteiger partial charge in [-0.3, -0.25) is 19.2 Å². The molecule has 568 valence electrons. The van der Waals surface area contributed by atoms with Crippen LogP contribution in [0, 0.1) is 23.7 Å². The molecule has 0 aliphatic carbocycles. The zero-order valence-electron chi connectivity index (χ0n) is 62.9. The van der Waals surface area contributed by atoms with Gasteiger partial charge >= 0.3 is 21.7 Å². The molecule has 4 unspecified atom stereocenters. The third kappa shape index (κ3) is 52.4. The van der Waals surface area contributed by atoms with Gasteiger partial charge in [-0.2, -0.15) is 0 Å². The van der Waals surface area contributed by atoms with Gasteiger partial charge in [-0.1, -0.05) is 160 Å². The molecule has 25 heteroatoms. The van der Waals surface area contributed by atoms with Crippen molar-refractivity contribution >= 4 is 47.0 Å². The molecule has 0 rings (SSSR count). The fraction of sp³-hybridized carbons (Fsp3) is 0.889. The quantitative estimate of drug-likeness (QED) is 0.0236. The zero-order chi connectivity index (χ0) is 73.7. The Kier molecular flexibility index (Phi) is 69.8. The third-order valence-electron chi connectivity index (χ3n) is 14.8. The number of Topliss-reactive ketones (excluding diaryl/α,β-unsaturated/α-hetero) is 4. The van der Waals surface area contributed by atoms with E-state index in [0.29, 0.717) is 79.3 Å². The molecule has 4 atom stereocenters. The van der Waals surface area contributed by atoms with Gasteiger partial charge in [0.2, 0.25) is 0 Å². The van der Waals surface area contributed by atoms with Crippen LogP contribution < -0.4 is 20.4 Å². The summed E-state index contributed by atoms with van der Waals surface area (Å²) < 4.78 is 69.7. The van der Waals surface area contributed by atoms with Crippen LogP contribution in [0.1, 0.15) is 291 Å². The normalized spacial score (nSPS) is 12.9. The van der Waals surface area contributed by atoms with Crippen LogP contribution in [0.2, 0.25) is 0 Å². The van der Waals surface area contributed by atoms with E-state index in [1.165, 1.54) is 27.7 Å².